The van der Waals surface area contributed by atoms with Crippen LogP contribution in [0.25, 0.3) is 42.8 Å². The fraction of sp³-hybridized carbons (Fsp3) is 0.0732. The minimum absolute atomic E-state index is 0.565. The summed E-state index contributed by atoms with van der Waals surface area (Å²) in [4.78, 5) is 12.1. The highest BCUT2D eigenvalue weighted by atomic mass is 32.1. The summed E-state index contributed by atoms with van der Waals surface area (Å²) in [5.41, 5.74) is 8.50. The van der Waals surface area contributed by atoms with E-state index in [-0.39, 0.29) is 0 Å². The van der Waals surface area contributed by atoms with E-state index in [1.54, 1.807) is 36.9 Å². The van der Waals surface area contributed by atoms with Crippen LogP contribution in [0.15, 0.2) is 151 Å². The number of fused-ring (bicyclic) bond motifs is 2. The van der Waals surface area contributed by atoms with Gasteiger partial charge in [0.2, 0.25) is 11.1 Å². The molecule has 4 aromatic heterocycles. The second kappa shape index (κ2) is 13.4. The molecule has 240 valence electrons. The molecule has 4 heterocycles. The number of hydrogen-bond donors (Lipinski definition) is 0. The van der Waals surface area contributed by atoms with Gasteiger partial charge in [-0.05, 0) is 101 Å². The molecule has 0 N–H and O–H groups in total. The molecule has 6 nitrogen and oxygen atoms in total. The van der Waals surface area contributed by atoms with E-state index in [1.165, 1.54) is 11.1 Å². The van der Waals surface area contributed by atoms with Crippen LogP contribution in [0.4, 0.5) is 11.4 Å². The summed E-state index contributed by atoms with van der Waals surface area (Å²) in [5, 5.41) is 6.11. The zero-order chi connectivity index (χ0) is 33.2. The molecule has 8 heteroatoms. The van der Waals surface area contributed by atoms with Crippen LogP contribution in [0.3, 0.4) is 0 Å². The predicted molar refractivity (Wildman–Crippen MR) is 198 cm³/mol. The van der Waals surface area contributed by atoms with Gasteiger partial charge in [0.1, 0.15) is 22.7 Å². The molecule has 8 aromatic rings. The molecular weight excluding hydrogens is 649 g/mol. The second-order valence-electron chi connectivity index (χ2n) is 11.4. The fourth-order valence-electron chi connectivity index (χ4n) is 5.68. The Morgan fingerprint density at radius 3 is 1.37 bits per heavy atom. The zero-order valence-corrected chi connectivity index (χ0v) is 28.4. The normalized spacial score (nSPS) is 12.2. The van der Waals surface area contributed by atoms with Crippen LogP contribution in [-0.2, 0) is 6.42 Å². The van der Waals surface area contributed by atoms with Crippen LogP contribution < -0.4 is 20.6 Å². The van der Waals surface area contributed by atoms with Crippen LogP contribution >= 0.6 is 22.7 Å². The lowest BCUT2D eigenvalue weighted by atomic mass is 10.0. The molecular formula is C41H30N2O4S2. The van der Waals surface area contributed by atoms with Crippen LogP contribution in [0, 0.1) is 0 Å². The van der Waals surface area contributed by atoms with Crippen molar-refractivity contribution >= 4 is 56.0 Å². The molecule has 0 bridgehead atoms. The van der Waals surface area contributed by atoms with Gasteiger partial charge in [0.25, 0.3) is 0 Å². The summed E-state index contributed by atoms with van der Waals surface area (Å²) < 4.78 is 23.5. The number of methoxy groups -OCH3 is 2. The van der Waals surface area contributed by atoms with E-state index in [2.05, 4.69) is 59.3 Å². The Bertz CT molecular complexity index is 2350. The van der Waals surface area contributed by atoms with E-state index in [1.807, 2.05) is 72.8 Å². The molecule has 0 spiro atoms. The standard InChI is InChI=1S/C41H30N2O4S2/c1-44-32-17-11-28-22-34(38-5-3-19-48-38)40(46-36(28)24-32)42-30-13-7-26(8-14-30)21-27-9-15-31(16-10-27)43-41-35(39-6-4-20-49-39)23-29-12-18-33(45-2)25-37(29)47-41/h3-20,22-25H,21H2,1-2H3. The Labute approximate surface area is 290 Å². The molecule has 0 saturated carbocycles. The summed E-state index contributed by atoms with van der Waals surface area (Å²) in [6.07, 6.45) is 0.780. The van der Waals surface area contributed by atoms with Gasteiger partial charge in [-0.2, -0.15) is 0 Å². The summed E-state index contributed by atoms with van der Waals surface area (Å²) >= 11 is 3.33. The highest BCUT2D eigenvalue weighted by Crippen LogP contribution is 2.29. The lowest BCUT2D eigenvalue weighted by Crippen LogP contribution is -2.04. The van der Waals surface area contributed by atoms with Crippen LogP contribution in [-0.4, -0.2) is 14.2 Å². The maximum absolute atomic E-state index is 6.34. The Balaban J connectivity index is 1.06. The van der Waals surface area contributed by atoms with Crippen molar-refractivity contribution in [3.05, 3.63) is 154 Å². The van der Waals surface area contributed by atoms with Gasteiger partial charge in [-0.3, -0.25) is 0 Å². The second-order valence-corrected chi connectivity index (χ2v) is 13.3. The van der Waals surface area contributed by atoms with Gasteiger partial charge >= 0.3 is 0 Å². The van der Waals surface area contributed by atoms with Crippen LogP contribution in [0.2, 0.25) is 0 Å². The lowest BCUT2D eigenvalue weighted by Gasteiger charge is -2.06. The topological polar surface area (TPSA) is 69.5 Å². The first-order valence-electron chi connectivity index (χ1n) is 15.7. The average molecular weight is 679 g/mol. The third-order valence-electron chi connectivity index (χ3n) is 8.23. The molecule has 0 unspecified atom stereocenters. The van der Waals surface area contributed by atoms with Crippen LogP contribution in [0.1, 0.15) is 11.1 Å². The molecule has 0 saturated heterocycles. The smallest absolute Gasteiger partial charge is 0.228 e. The average Bonchev–Trinajstić information content (AvgIpc) is 3.88. The first-order valence-corrected chi connectivity index (χ1v) is 17.5. The molecule has 0 radical (unpaired) electrons. The van der Waals surface area contributed by atoms with Crippen molar-refractivity contribution in [2.45, 2.75) is 6.42 Å². The van der Waals surface area contributed by atoms with Crippen molar-refractivity contribution in [1.82, 2.24) is 0 Å². The van der Waals surface area contributed by atoms with E-state index in [0.29, 0.717) is 11.1 Å². The first kappa shape index (κ1) is 30.6. The first-order chi connectivity index (χ1) is 24.1. The summed E-state index contributed by atoms with van der Waals surface area (Å²) in [6.45, 7) is 0. The maximum atomic E-state index is 6.34. The van der Waals surface area contributed by atoms with E-state index in [9.17, 15) is 0 Å². The van der Waals surface area contributed by atoms with Crippen molar-refractivity contribution < 1.29 is 18.3 Å². The zero-order valence-electron chi connectivity index (χ0n) is 26.8. The van der Waals surface area contributed by atoms with Gasteiger partial charge in [-0.25, -0.2) is 9.98 Å². The number of nitrogens with zero attached hydrogens (tertiary/aromatic N) is 2. The van der Waals surface area contributed by atoms with Gasteiger partial charge in [-0.15, -0.1) is 22.7 Å². The van der Waals surface area contributed by atoms with Gasteiger partial charge in [0.15, 0.2) is 0 Å². The number of thiophene rings is 2. The molecule has 0 aliphatic carbocycles. The monoisotopic (exact) mass is 678 g/mol. The highest BCUT2D eigenvalue weighted by molar-refractivity contribution is 7.13. The third-order valence-corrected chi connectivity index (χ3v) is 10.0. The van der Waals surface area contributed by atoms with E-state index < -0.39 is 0 Å². The molecule has 8 rings (SSSR count). The summed E-state index contributed by atoms with van der Waals surface area (Å²) in [5.74, 6) is 1.48. The molecule has 49 heavy (non-hydrogen) atoms. The Morgan fingerprint density at radius 1 is 0.531 bits per heavy atom. The molecule has 0 aliphatic heterocycles. The van der Waals surface area contributed by atoms with Crippen molar-refractivity contribution in [2.24, 2.45) is 9.98 Å². The highest BCUT2D eigenvalue weighted by Gasteiger charge is 2.11. The van der Waals surface area contributed by atoms with Gasteiger partial charge < -0.3 is 18.3 Å². The van der Waals surface area contributed by atoms with Crippen LogP contribution in [0.5, 0.6) is 11.5 Å². The summed E-state index contributed by atoms with van der Waals surface area (Å²) in [6, 6.07) is 40.8. The van der Waals surface area contributed by atoms with E-state index in [0.717, 1.165) is 72.1 Å². The van der Waals surface area contributed by atoms with Crippen molar-refractivity contribution in [3.63, 3.8) is 0 Å². The lowest BCUT2D eigenvalue weighted by molar-refractivity contribution is 0.414. The van der Waals surface area contributed by atoms with Gasteiger partial charge in [0, 0.05) is 32.7 Å². The number of ether oxygens (including phenoxy) is 2. The quantitative estimate of drug-likeness (QED) is 0.160. The predicted octanol–water partition coefficient (Wildman–Crippen LogP) is 10.7. The molecule has 0 amide bonds. The minimum Gasteiger partial charge on any atom is -0.497 e. The molecule has 0 aliphatic rings. The van der Waals surface area contributed by atoms with Gasteiger partial charge in [-0.1, -0.05) is 36.4 Å². The van der Waals surface area contributed by atoms with E-state index in [4.69, 9.17) is 28.3 Å². The fourth-order valence-corrected chi connectivity index (χ4v) is 7.15. The van der Waals surface area contributed by atoms with Crippen molar-refractivity contribution in [2.75, 3.05) is 14.2 Å². The third kappa shape index (κ3) is 6.56. The molecule has 0 fully saturated rings. The molecule has 4 aromatic carbocycles. The Kier molecular flexibility index (Phi) is 8.39. The minimum atomic E-state index is 0.565. The summed E-state index contributed by atoms with van der Waals surface area (Å²) in [7, 11) is 3.31. The Morgan fingerprint density at radius 2 is 0.980 bits per heavy atom. The number of rotatable bonds is 8. The van der Waals surface area contributed by atoms with Gasteiger partial charge in [0.05, 0.1) is 36.7 Å². The van der Waals surface area contributed by atoms with Crippen molar-refractivity contribution in [1.29, 1.82) is 0 Å². The number of hydrogen-bond acceptors (Lipinski definition) is 8. The molecule has 0 atom stereocenters. The number of benzene rings is 4. The largest absolute Gasteiger partial charge is 0.497 e. The SMILES string of the molecule is COc1ccc2cc(-c3cccs3)c(=Nc3ccc(Cc4ccc(N=c5oc6cc(OC)ccc6cc5-c5cccs5)cc4)cc3)oc2c1. The van der Waals surface area contributed by atoms with E-state index >= 15 is 0 Å². The Hall–Kier alpha value is -5.70. The maximum Gasteiger partial charge on any atom is 0.228 e. The van der Waals surface area contributed by atoms with Crippen molar-refractivity contribution in [3.8, 4) is 32.4 Å².